The fourth-order valence-electron chi connectivity index (χ4n) is 5.01. The quantitative estimate of drug-likeness (QED) is 0.315. The molecular weight excluding hydrogens is 500 g/mol. The van der Waals surface area contributed by atoms with Gasteiger partial charge in [-0.3, -0.25) is 9.88 Å². The third-order valence-electron chi connectivity index (χ3n) is 7.39. The summed E-state index contributed by atoms with van der Waals surface area (Å²) in [5, 5.41) is 20.6. The molecule has 1 aliphatic heterocycles. The second kappa shape index (κ2) is 12.1. The number of fused-ring (bicyclic) bond motifs is 1. The highest BCUT2D eigenvalue weighted by Gasteiger charge is 2.35. The predicted octanol–water partition coefficient (Wildman–Crippen LogP) is 5.07. The maximum absolute atomic E-state index is 15.7. The van der Waals surface area contributed by atoms with Crippen molar-refractivity contribution in [3.8, 4) is 17.6 Å². The topological polar surface area (TPSA) is 65.8 Å². The summed E-state index contributed by atoms with van der Waals surface area (Å²) in [6.45, 7) is 0.982. The summed E-state index contributed by atoms with van der Waals surface area (Å²) in [4.78, 5) is 6.32. The number of nitrogens with zero attached hydrogens (tertiary/aromatic N) is 2. The Labute approximate surface area is 219 Å². The number of likely N-dealkylation sites (tertiary alicyclic amines) is 1. The van der Waals surface area contributed by atoms with Gasteiger partial charge in [-0.2, -0.15) is 0 Å². The maximum Gasteiger partial charge on any atom is 0.144 e. The number of ether oxygens (including phenoxy) is 1. The van der Waals surface area contributed by atoms with Gasteiger partial charge in [0.2, 0.25) is 0 Å². The highest BCUT2D eigenvalue weighted by Crippen LogP contribution is 2.41. The lowest BCUT2D eigenvalue weighted by Gasteiger charge is -2.40. The molecule has 1 aromatic heterocycles. The molecule has 0 bridgehead atoms. The van der Waals surface area contributed by atoms with Gasteiger partial charge >= 0.3 is 0 Å². The molecule has 202 valence electrons. The lowest BCUT2D eigenvalue weighted by molar-refractivity contribution is 0.0343. The van der Waals surface area contributed by atoms with E-state index in [1.165, 1.54) is 13.3 Å². The number of hydrogen-bond donors (Lipinski definition) is 2. The average molecular weight is 531 g/mol. The van der Waals surface area contributed by atoms with Gasteiger partial charge in [0.05, 0.1) is 31.3 Å². The van der Waals surface area contributed by atoms with E-state index >= 15 is 4.39 Å². The molecule has 3 aromatic rings. The second-order valence-corrected chi connectivity index (χ2v) is 9.72. The maximum atomic E-state index is 15.7. The molecule has 2 N–H and O–H groups in total. The van der Waals surface area contributed by atoms with Gasteiger partial charge in [0.15, 0.2) is 0 Å². The van der Waals surface area contributed by atoms with Crippen LogP contribution in [0, 0.1) is 34.7 Å². The highest BCUT2D eigenvalue weighted by molar-refractivity contribution is 5.85. The van der Waals surface area contributed by atoms with Gasteiger partial charge in [0.25, 0.3) is 0 Å². The summed E-state index contributed by atoms with van der Waals surface area (Å²) in [5.41, 5.74) is 0.470. The first-order valence-electron chi connectivity index (χ1n) is 12.5. The normalized spacial score (nSPS) is 16.2. The van der Waals surface area contributed by atoms with Gasteiger partial charge in [-0.1, -0.05) is 11.8 Å². The molecule has 5 nitrogen and oxygen atoms in total. The van der Waals surface area contributed by atoms with E-state index in [-0.39, 0.29) is 26.2 Å². The Morgan fingerprint density at radius 1 is 1.11 bits per heavy atom. The molecule has 1 fully saturated rings. The number of benzene rings is 2. The summed E-state index contributed by atoms with van der Waals surface area (Å²) in [6.07, 6.45) is 1.93. The van der Waals surface area contributed by atoms with E-state index < -0.39 is 34.6 Å². The van der Waals surface area contributed by atoms with Crippen molar-refractivity contribution in [2.75, 3.05) is 33.4 Å². The summed E-state index contributed by atoms with van der Waals surface area (Å²) >= 11 is 0. The van der Waals surface area contributed by atoms with Crippen LogP contribution in [0.25, 0.3) is 10.9 Å². The molecule has 1 aliphatic rings. The minimum atomic E-state index is -1.37. The van der Waals surface area contributed by atoms with Gasteiger partial charge in [-0.05, 0) is 62.4 Å². The van der Waals surface area contributed by atoms with E-state index in [9.17, 15) is 23.4 Å². The van der Waals surface area contributed by atoms with Crippen molar-refractivity contribution in [2.24, 2.45) is 5.41 Å². The third-order valence-corrected chi connectivity index (χ3v) is 7.39. The Morgan fingerprint density at radius 3 is 2.45 bits per heavy atom. The van der Waals surface area contributed by atoms with E-state index in [1.54, 1.807) is 18.2 Å². The standard InChI is InChI=1S/C29H30F4N2O3/c1-38-21-4-5-27-23(15-21)28(19(17-36)16-34-27)24(31)6-7-29(18-37)8-11-35(12-9-29)10-2-3-22-25(32)13-20(30)14-26(22)33/h4-5,13-16,24,36-37H,6-12,17-18H2,1H3/t24-/m0/s1. The number of aliphatic hydroxyl groups excluding tert-OH is 2. The number of rotatable bonds is 8. The van der Waals surface area contributed by atoms with E-state index in [0.717, 1.165) is 0 Å². The van der Waals surface area contributed by atoms with Crippen LogP contribution < -0.4 is 4.74 Å². The van der Waals surface area contributed by atoms with Crippen LogP contribution in [0.4, 0.5) is 17.6 Å². The first kappa shape index (κ1) is 27.8. The molecular formula is C29H30F4N2O3. The van der Waals surface area contributed by atoms with Crippen molar-refractivity contribution in [1.29, 1.82) is 0 Å². The molecule has 0 spiro atoms. The van der Waals surface area contributed by atoms with Crippen molar-refractivity contribution < 1.29 is 32.5 Å². The first-order valence-corrected chi connectivity index (χ1v) is 12.5. The van der Waals surface area contributed by atoms with Gasteiger partial charge in [-0.15, -0.1) is 0 Å². The summed E-state index contributed by atoms with van der Waals surface area (Å²) in [7, 11) is 1.53. The molecule has 0 radical (unpaired) electrons. The van der Waals surface area contributed by atoms with Crippen molar-refractivity contribution in [1.82, 2.24) is 9.88 Å². The van der Waals surface area contributed by atoms with E-state index in [2.05, 4.69) is 16.8 Å². The lowest BCUT2D eigenvalue weighted by Crippen LogP contribution is -2.42. The largest absolute Gasteiger partial charge is 0.497 e. The van der Waals surface area contributed by atoms with E-state index in [4.69, 9.17) is 4.74 Å². The van der Waals surface area contributed by atoms with Gasteiger partial charge < -0.3 is 14.9 Å². The van der Waals surface area contributed by atoms with Gasteiger partial charge in [-0.25, -0.2) is 17.6 Å². The Bertz CT molecular complexity index is 1320. The van der Waals surface area contributed by atoms with Crippen molar-refractivity contribution in [3.63, 3.8) is 0 Å². The Balaban J connectivity index is 1.40. The minimum Gasteiger partial charge on any atom is -0.497 e. The molecule has 0 unspecified atom stereocenters. The highest BCUT2D eigenvalue weighted by atomic mass is 19.1. The predicted molar refractivity (Wildman–Crippen MR) is 136 cm³/mol. The van der Waals surface area contributed by atoms with Crippen LogP contribution in [0.5, 0.6) is 5.75 Å². The number of piperidine rings is 1. The second-order valence-electron chi connectivity index (χ2n) is 9.72. The number of methoxy groups -OCH3 is 1. The van der Waals surface area contributed by atoms with Crippen molar-refractivity contribution >= 4 is 10.9 Å². The first-order chi connectivity index (χ1) is 18.3. The van der Waals surface area contributed by atoms with Crippen LogP contribution in [0.1, 0.15) is 48.5 Å². The fourth-order valence-corrected chi connectivity index (χ4v) is 5.01. The number of hydrogen-bond acceptors (Lipinski definition) is 5. The zero-order chi connectivity index (χ0) is 27.3. The van der Waals surface area contributed by atoms with Gasteiger partial charge in [0, 0.05) is 41.4 Å². The van der Waals surface area contributed by atoms with Crippen LogP contribution in [0.3, 0.4) is 0 Å². The number of halogens is 4. The van der Waals surface area contributed by atoms with E-state index in [0.29, 0.717) is 72.3 Å². The third kappa shape index (κ3) is 6.09. The fraction of sp³-hybridized carbons (Fsp3) is 0.414. The Hall–Kier alpha value is -3.19. The molecule has 2 aromatic carbocycles. The molecule has 1 saturated heterocycles. The van der Waals surface area contributed by atoms with Crippen LogP contribution in [-0.4, -0.2) is 53.4 Å². The smallest absolute Gasteiger partial charge is 0.144 e. The Morgan fingerprint density at radius 2 is 1.82 bits per heavy atom. The number of aliphatic hydroxyl groups is 2. The van der Waals surface area contributed by atoms with Gasteiger partial charge in [0.1, 0.15) is 29.4 Å². The lowest BCUT2D eigenvalue weighted by atomic mass is 9.74. The van der Waals surface area contributed by atoms with Crippen LogP contribution in [0.2, 0.25) is 0 Å². The molecule has 0 aliphatic carbocycles. The zero-order valence-electron chi connectivity index (χ0n) is 21.1. The van der Waals surface area contributed by atoms with E-state index in [1.807, 2.05) is 4.90 Å². The number of alkyl halides is 1. The SMILES string of the molecule is COc1ccc2ncc(CO)c([C@@H](F)CCC3(CO)CCN(CC#Cc4c(F)cc(F)cc4F)CC3)c2c1. The van der Waals surface area contributed by atoms with Crippen molar-refractivity contribution in [2.45, 2.75) is 38.5 Å². The molecule has 38 heavy (non-hydrogen) atoms. The molecule has 9 heteroatoms. The summed E-state index contributed by atoms with van der Waals surface area (Å²) in [6, 6.07) is 6.40. The number of pyridine rings is 1. The molecule has 4 rings (SSSR count). The van der Waals surface area contributed by atoms with Crippen LogP contribution >= 0.6 is 0 Å². The molecule has 2 heterocycles. The van der Waals surface area contributed by atoms with Crippen LogP contribution in [0.15, 0.2) is 36.5 Å². The molecule has 0 amide bonds. The summed E-state index contributed by atoms with van der Waals surface area (Å²) < 4.78 is 61.7. The summed E-state index contributed by atoms with van der Waals surface area (Å²) in [5.74, 6) is 2.66. The minimum absolute atomic E-state index is 0.0942. The van der Waals surface area contributed by atoms with Crippen molar-refractivity contribution in [3.05, 3.63) is 70.7 Å². The number of aromatic nitrogens is 1. The molecule has 0 saturated carbocycles. The monoisotopic (exact) mass is 530 g/mol. The zero-order valence-corrected chi connectivity index (χ0v) is 21.1. The van der Waals surface area contributed by atoms with Crippen LogP contribution in [-0.2, 0) is 6.61 Å². The average Bonchev–Trinajstić information content (AvgIpc) is 2.92. The molecule has 1 atom stereocenters. The Kier molecular flexibility index (Phi) is 8.87.